The fourth-order valence-electron chi connectivity index (χ4n) is 2.55. The lowest BCUT2D eigenvalue weighted by Crippen LogP contribution is -2.49. The molecule has 1 N–H and O–H groups in total. The molecular formula is C16H24N2O4S. The first-order chi connectivity index (χ1) is 11.0. The number of carbonyl (C=O) groups is 1. The zero-order valence-electron chi connectivity index (χ0n) is 13.4. The molecule has 1 aromatic rings. The van der Waals surface area contributed by atoms with Crippen LogP contribution in [-0.2, 0) is 26.0 Å². The summed E-state index contributed by atoms with van der Waals surface area (Å²) in [6.45, 7) is 3.19. The molecule has 1 fully saturated rings. The molecule has 6 nitrogen and oxygen atoms in total. The second kappa shape index (κ2) is 8.42. The molecule has 2 rings (SSSR count). The number of nitrogens with zero attached hydrogens (tertiary/aromatic N) is 1. The third kappa shape index (κ3) is 5.60. The van der Waals surface area contributed by atoms with Crippen LogP contribution in [-0.4, -0.2) is 56.7 Å². The molecule has 1 heterocycles. The Morgan fingerprint density at radius 3 is 2.78 bits per heavy atom. The summed E-state index contributed by atoms with van der Waals surface area (Å²) in [7, 11) is -3.36. The van der Waals surface area contributed by atoms with Crippen LogP contribution in [0, 0.1) is 0 Å². The Morgan fingerprint density at radius 1 is 1.35 bits per heavy atom. The lowest BCUT2D eigenvalue weighted by Gasteiger charge is -2.32. The van der Waals surface area contributed by atoms with Crippen LogP contribution in [0.5, 0.6) is 0 Å². The van der Waals surface area contributed by atoms with Crippen molar-refractivity contribution in [3.05, 3.63) is 35.9 Å². The normalized spacial score (nSPS) is 19.4. The van der Waals surface area contributed by atoms with Gasteiger partial charge in [-0.2, -0.15) is 4.31 Å². The zero-order valence-corrected chi connectivity index (χ0v) is 14.2. The summed E-state index contributed by atoms with van der Waals surface area (Å²) >= 11 is 0. The number of aryl methyl sites for hydroxylation is 1. The smallest absolute Gasteiger partial charge is 0.220 e. The molecule has 1 aliphatic rings. The van der Waals surface area contributed by atoms with Gasteiger partial charge in [-0.1, -0.05) is 30.3 Å². The summed E-state index contributed by atoms with van der Waals surface area (Å²) in [5.41, 5.74) is 1.09. The van der Waals surface area contributed by atoms with Crippen molar-refractivity contribution >= 4 is 15.9 Å². The fraction of sp³-hybridized carbons (Fsp3) is 0.562. The van der Waals surface area contributed by atoms with E-state index in [1.165, 1.54) is 4.31 Å². The molecule has 1 aliphatic heterocycles. The number of morpholine rings is 1. The Kier molecular flexibility index (Phi) is 6.56. The number of ether oxygens (including phenoxy) is 1. The predicted octanol–water partition coefficient (Wildman–Crippen LogP) is 0.786. The molecule has 0 aliphatic carbocycles. The predicted molar refractivity (Wildman–Crippen MR) is 88.5 cm³/mol. The van der Waals surface area contributed by atoms with E-state index in [4.69, 9.17) is 4.74 Å². The summed E-state index contributed by atoms with van der Waals surface area (Å²) in [6.07, 6.45) is 1.01. The van der Waals surface area contributed by atoms with Crippen LogP contribution < -0.4 is 5.32 Å². The van der Waals surface area contributed by atoms with Crippen LogP contribution >= 0.6 is 0 Å². The average Bonchev–Trinajstić information content (AvgIpc) is 2.54. The van der Waals surface area contributed by atoms with Gasteiger partial charge in [0.05, 0.1) is 19.0 Å². The number of sulfonamides is 1. The second-order valence-electron chi connectivity index (χ2n) is 5.69. The van der Waals surface area contributed by atoms with Crippen molar-refractivity contribution in [1.82, 2.24) is 9.62 Å². The van der Waals surface area contributed by atoms with E-state index < -0.39 is 10.0 Å². The molecular weight excluding hydrogens is 316 g/mol. The topological polar surface area (TPSA) is 75.7 Å². The molecule has 0 spiro atoms. The molecule has 0 saturated carbocycles. The minimum atomic E-state index is -3.36. The Balaban J connectivity index is 1.72. The molecule has 0 aromatic heterocycles. The first-order valence-electron chi connectivity index (χ1n) is 7.87. The monoisotopic (exact) mass is 340 g/mol. The van der Waals surface area contributed by atoms with Gasteiger partial charge in [0.1, 0.15) is 0 Å². The molecule has 128 valence electrons. The van der Waals surface area contributed by atoms with E-state index in [1.54, 1.807) is 0 Å². The van der Waals surface area contributed by atoms with Gasteiger partial charge in [0.2, 0.25) is 15.9 Å². The molecule has 1 unspecified atom stereocenters. The average molecular weight is 340 g/mol. The first kappa shape index (κ1) is 17.9. The summed E-state index contributed by atoms with van der Waals surface area (Å²) in [5.74, 6) is -0.201. The SMILES string of the molecule is CC1COCCN1S(=O)(=O)CCNC(=O)CCc1ccccc1. The second-order valence-corrected chi connectivity index (χ2v) is 7.73. The van der Waals surface area contributed by atoms with Crippen LogP contribution in [0.3, 0.4) is 0 Å². The third-order valence-corrected chi connectivity index (χ3v) is 5.81. The van der Waals surface area contributed by atoms with Crippen LogP contribution in [0.15, 0.2) is 30.3 Å². The molecule has 1 aromatic carbocycles. The van der Waals surface area contributed by atoms with Gasteiger partial charge in [-0.3, -0.25) is 4.79 Å². The summed E-state index contributed by atoms with van der Waals surface area (Å²) < 4.78 is 31.3. The third-order valence-electron chi connectivity index (χ3n) is 3.83. The van der Waals surface area contributed by atoms with E-state index in [-0.39, 0.29) is 24.2 Å². The summed E-state index contributed by atoms with van der Waals surface area (Å²) in [6, 6.07) is 9.59. The Hall–Kier alpha value is -1.44. The van der Waals surface area contributed by atoms with Crippen molar-refractivity contribution in [3.8, 4) is 0 Å². The van der Waals surface area contributed by atoms with Crippen molar-refractivity contribution in [2.75, 3.05) is 32.1 Å². The van der Waals surface area contributed by atoms with Crippen LogP contribution in [0.4, 0.5) is 0 Å². The number of hydrogen-bond donors (Lipinski definition) is 1. The zero-order chi connectivity index (χ0) is 16.7. The van der Waals surface area contributed by atoms with Crippen molar-refractivity contribution in [2.24, 2.45) is 0 Å². The number of rotatable bonds is 7. The molecule has 0 bridgehead atoms. The van der Waals surface area contributed by atoms with Crippen LogP contribution in [0.25, 0.3) is 0 Å². The van der Waals surface area contributed by atoms with Crippen molar-refractivity contribution in [3.63, 3.8) is 0 Å². The van der Waals surface area contributed by atoms with Gasteiger partial charge >= 0.3 is 0 Å². The van der Waals surface area contributed by atoms with Crippen LogP contribution in [0.1, 0.15) is 18.9 Å². The maximum absolute atomic E-state index is 12.3. The van der Waals surface area contributed by atoms with E-state index in [2.05, 4.69) is 5.32 Å². The quantitative estimate of drug-likeness (QED) is 0.796. The number of hydrogen-bond acceptors (Lipinski definition) is 4. The highest BCUT2D eigenvalue weighted by atomic mass is 32.2. The van der Waals surface area contributed by atoms with Crippen molar-refractivity contribution in [2.45, 2.75) is 25.8 Å². The molecule has 7 heteroatoms. The minimum Gasteiger partial charge on any atom is -0.378 e. The standard InChI is InChI=1S/C16H24N2O4S/c1-14-13-22-11-10-18(14)23(20,21)12-9-17-16(19)8-7-15-5-3-2-4-6-15/h2-6,14H,7-13H2,1H3,(H,17,19). The van der Waals surface area contributed by atoms with Gasteiger partial charge in [-0.05, 0) is 18.9 Å². The number of benzene rings is 1. The lowest BCUT2D eigenvalue weighted by atomic mass is 10.1. The Morgan fingerprint density at radius 2 is 2.09 bits per heavy atom. The Bertz CT molecular complexity index is 604. The summed E-state index contributed by atoms with van der Waals surface area (Å²) in [5, 5.41) is 2.69. The van der Waals surface area contributed by atoms with Gasteiger partial charge < -0.3 is 10.1 Å². The van der Waals surface area contributed by atoms with Gasteiger partial charge in [0.25, 0.3) is 0 Å². The van der Waals surface area contributed by atoms with E-state index in [0.29, 0.717) is 32.6 Å². The molecule has 1 saturated heterocycles. The Labute approximate surface area is 137 Å². The molecule has 0 radical (unpaired) electrons. The van der Waals surface area contributed by atoms with Gasteiger partial charge in [-0.15, -0.1) is 0 Å². The maximum Gasteiger partial charge on any atom is 0.220 e. The highest BCUT2D eigenvalue weighted by molar-refractivity contribution is 7.89. The fourth-order valence-corrected chi connectivity index (χ4v) is 4.11. The lowest BCUT2D eigenvalue weighted by molar-refractivity contribution is -0.120. The van der Waals surface area contributed by atoms with Gasteiger partial charge in [-0.25, -0.2) is 8.42 Å². The van der Waals surface area contributed by atoms with Crippen LogP contribution in [0.2, 0.25) is 0 Å². The van der Waals surface area contributed by atoms with Crippen molar-refractivity contribution in [1.29, 1.82) is 0 Å². The van der Waals surface area contributed by atoms with E-state index in [1.807, 2.05) is 37.3 Å². The maximum atomic E-state index is 12.3. The first-order valence-corrected chi connectivity index (χ1v) is 9.48. The molecule has 23 heavy (non-hydrogen) atoms. The van der Waals surface area contributed by atoms with Gasteiger partial charge in [0, 0.05) is 25.6 Å². The largest absolute Gasteiger partial charge is 0.378 e. The molecule has 1 atom stereocenters. The van der Waals surface area contributed by atoms with E-state index in [0.717, 1.165) is 5.56 Å². The molecule has 1 amide bonds. The number of nitrogens with one attached hydrogen (secondary N) is 1. The highest BCUT2D eigenvalue weighted by Crippen LogP contribution is 2.12. The number of amides is 1. The van der Waals surface area contributed by atoms with Gasteiger partial charge in [0.15, 0.2) is 0 Å². The van der Waals surface area contributed by atoms with E-state index >= 15 is 0 Å². The van der Waals surface area contributed by atoms with E-state index in [9.17, 15) is 13.2 Å². The summed E-state index contributed by atoms with van der Waals surface area (Å²) in [4.78, 5) is 11.8. The minimum absolute atomic E-state index is 0.0750. The highest BCUT2D eigenvalue weighted by Gasteiger charge is 2.29. The van der Waals surface area contributed by atoms with Crippen molar-refractivity contribution < 1.29 is 17.9 Å². The number of carbonyl (C=O) groups excluding carboxylic acids is 1.